The van der Waals surface area contributed by atoms with Crippen molar-refractivity contribution >= 4 is 35.0 Å². The van der Waals surface area contributed by atoms with E-state index in [1.807, 2.05) is 13.0 Å². The molecular formula is C5H6Cl2S. The number of thioether (sulfide) groups is 1. The van der Waals surface area contributed by atoms with Gasteiger partial charge in [0.25, 0.3) is 0 Å². The summed E-state index contributed by atoms with van der Waals surface area (Å²) in [4.78, 5) is 1.23. The smallest absolute Gasteiger partial charge is 0.103 e. The molecule has 2 atom stereocenters. The predicted octanol–water partition coefficient (Wildman–Crippen LogP) is 2.81. The lowest BCUT2D eigenvalue weighted by Crippen LogP contribution is -2.00. The maximum atomic E-state index is 5.74. The molecule has 1 heterocycles. The fraction of sp³-hybridized carbons (Fsp3) is 0.600. The van der Waals surface area contributed by atoms with Crippen molar-refractivity contribution in [2.45, 2.75) is 17.0 Å². The van der Waals surface area contributed by atoms with Crippen LogP contribution in [0.2, 0.25) is 0 Å². The average molecular weight is 169 g/mol. The number of hydrogen-bond acceptors (Lipinski definition) is 1. The van der Waals surface area contributed by atoms with Gasteiger partial charge in [-0.15, -0.1) is 35.0 Å². The Kier molecular flexibility index (Phi) is 2.13. The van der Waals surface area contributed by atoms with Crippen LogP contribution in [0.15, 0.2) is 11.0 Å². The minimum absolute atomic E-state index is 0.0293. The third kappa shape index (κ3) is 1.34. The van der Waals surface area contributed by atoms with E-state index in [2.05, 4.69) is 0 Å². The van der Waals surface area contributed by atoms with Crippen LogP contribution in [-0.4, -0.2) is 10.1 Å². The van der Waals surface area contributed by atoms with Crippen LogP contribution in [-0.2, 0) is 0 Å². The quantitative estimate of drug-likeness (QED) is 0.502. The lowest BCUT2D eigenvalue weighted by molar-refractivity contribution is 1.20. The van der Waals surface area contributed by atoms with Gasteiger partial charge in [0.05, 0.1) is 5.38 Å². The number of halogens is 2. The molecule has 8 heavy (non-hydrogen) atoms. The molecule has 0 spiro atoms. The Bertz CT molecular complexity index is 122. The lowest BCUT2D eigenvalue weighted by atomic mass is 10.4. The van der Waals surface area contributed by atoms with Gasteiger partial charge >= 0.3 is 0 Å². The van der Waals surface area contributed by atoms with E-state index in [0.717, 1.165) is 0 Å². The Labute approximate surface area is 63.2 Å². The average Bonchev–Trinajstić information content (AvgIpc) is 1.85. The molecule has 0 nitrogen and oxygen atoms in total. The third-order valence-corrected chi connectivity index (χ3v) is 3.16. The summed E-state index contributed by atoms with van der Waals surface area (Å²) in [6.45, 7) is 2.02. The van der Waals surface area contributed by atoms with Crippen LogP contribution in [0.25, 0.3) is 0 Å². The van der Waals surface area contributed by atoms with Gasteiger partial charge in [-0.05, 0) is 11.8 Å². The normalized spacial score (nSPS) is 37.6. The molecule has 46 valence electrons. The number of hydrogen-bond donors (Lipinski definition) is 0. The highest BCUT2D eigenvalue weighted by atomic mass is 35.5. The minimum atomic E-state index is 0.0293. The molecule has 0 aromatic carbocycles. The van der Waals surface area contributed by atoms with Gasteiger partial charge in [-0.25, -0.2) is 0 Å². The first-order valence-corrected chi connectivity index (χ1v) is 4.08. The van der Waals surface area contributed by atoms with Crippen LogP contribution in [0.5, 0.6) is 0 Å². The van der Waals surface area contributed by atoms with E-state index in [0.29, 0.717) is 0 Å². The van der Waals surface area contributed by atoms with Crippen molar-refractivity contribution in [1.82, 2.24) is 0 Å². The summed E-state index contributed by atoms with van der Waals surface area (Å²) >= 11 is 13.1. The molecule has 0 radical (unpaired) electrons. The van der Waals surface area contributed by atoms with E-state index < -0.39 is 0 Å². The zero-order chi connectivity index (χ0) is 6.15. The Balaban J connectivity index is 2.56. The van der Waals surface area contributed by atoms with Crippen LogP contribution in [0.1, 0.15) is 6.92 Å². The van der Waals surface area contributed by atoms with Gasteiger partial charge in [-0.1, -0.05) is 6.08 Å². The molecule has 2 unspecified atom stereocenters. The zero-order valence-electron chi connectivity index (χ0n) is 4.40. The largest absolute Gasteiger partial charge is 0.116 e. The first-order chi connectivity index (χ1) is 3.70. The number of rotatable bonds is 0. The minimum Gasteiger partial charge on any atom is -0.116 e. The van der Waals surface area contributed by atoms with E-state index in [1.54, 1.807) is 11.8 Å². The molecule has 0 bridgehead atoms. The molecule has 1 rings (SSSR count). The monoisotopic (exact) mass is 168 g/mol. The predicted molar refractivity (Wildman–Crippen MR) is 40.6 cm³/mol. The van der Waals surface area contributed by atoms with Gasteiger partial charge in [0.15, 0.2) is 0 Å². The maximum Gasteiger partial charge on any atom is 0.103 e. The molecule has 3 heteroatoms. The van der Waals surface area contributed by atoms with Crippen LogP contribution in [0.4, 0.5) is 0 Å². The van der Waals surface area contributed by atoms with Crippen LogP contribution in [0.3, 0.4) is 0 Å². The molecule has 0 aromatic heterocycles. The second kappa shape index (κ2) is 2.51. The molecular weight excluding hydrogens is 163 g/mol. The van der Waals surface area contributed by atoms with E-state index in [-0.39, 0.29) is 10.1 Å². The van der Waals surface area contributed by atoms with Crippen molar-refractivity contribution in [3.8, 4) is 0 Å². The van der Waals surface area contributed by atoms with Gasteiger partial charge in [0, 0.05) is 0 Å². The highest BCUT2D eigenvalue weighted by Crippen LogP contribution is 2.36. The topological polar surface area (TPSA) is 0 Å². The Morgan fingerprint density at radius 3 is 2.38 bits per heavy atom. The van der Waals surface area contributed by atoms with Crippen molar-refractivity contribution in [2.24, 2.45) is 0 Å². The van der Waals surface area contributed by atoms with E-state index >= 15 is 0 Å². The van der Waals surface area contributed by atoms with Crippen molar-refractivity contribution < 1.29 is 0 Å². The van der Waals surface area contributed by atoms with Gasteiger partial charge in [0.2, 0.25) is 0 Å². The van der Waals surface area contributed by atoms with Crippen LogP contribution >= 0.6 is 35.0 Å². The fourth-order valence-corrected chi connectivity index (χ4v) is 2.28. The number of allylic oxidation sites excluding steroid dienone is 2. The maximum absolute atomic E-state index is 5.74. The fourth-order valence-electron chi connectivity index (χ4n) is 0.582. The van der Waals surface area contributed by atoms with Crippen molar-refractivity contribution in [3.63, 3.8) is 0 Å². The van der Waals surface area contributed by atoms with Crippen LogP contribution in [0, 0.1) is 0 Å². The molecule has 1 aliphatic rings. The van der Waals surface area contributed by atoms with Gasteiger partial charge < -0.3 is 0 Å². The van der Waals surface area contributed by atoms with E-state index in [9.17, 15) is 0 Å². The van der Waals surface area contributed by atoms with Gasteiger partial charge in [-0.2, -0.15) is 0 Å². The first kappa shape index (κ1) is 6.79. The van der Waals surface area contributed by atoms with Crippen molar-refractivity contribution in [2.75, 3.05) is 0 Å². The summed E-state index contributed by atoms with van der Waals surface area (Å²) < 4.78 is 0.0525. The second-order valence-electron chi connectivity index (χ2n) is 1.69. The first-order valence-electron chi connectivity index (χ1n) is 2.33. The molecule has 0 amide bonds. The second-order valence-corrected chi connectivity index (χ2v) is 4.31. The highest BCUT2D eigenvalue weighted by molar-refractivity contribution is 8.05. The van der Waals surface area contributed by atoms with Gasteiger partial charge in [-0.3, -0.25) is 0 Å². The van der Waals surface area contributed by atoms with E-state index in [1.165, 1.54) is 4.91 Å². The zero-order valence-corrected chi connectivity index (χ0v) is 6.72. The molecule has 0 aliphatic carbocycles. The Morgan fingerprint density at radius 2 is 2.25 bits per heavy atom. The summed E-state index contributed by atoms with van der Waals surface area (Å²) in [6, 6.07) is 0. The SMILES string of the molecule is CC1=CC(Cl)C(Cl)S1. The van der Waals surface area contributed by atoms with Crippen molar-refractivity contribution in [3.05, 3.63) is 11.0 Å². The Hall–Kier alpha value is 0.670. The lowest BCUT2D eigenvalue weighted by Gasteiger charge is -1.99. The third-order valence-electron chi connectivity index (χ3n) is 0.943. The summed E-state index contributed by atoms with van der Waals surface area (Å²) in [5.74, 6) is 0. The number of alkyl halides is 2. The standard InChI is InChI=1S/C5H6Cl2S/c1-3-2-4(6)5(7)8-3/h2,4-5H,1H3. The van der Waals surface area contributed by atoms with Gasteiger partial charge in [0.1, 0.15) is 4.71 Å². The van der Waals surface area contributed by atoms with Crippen molar-refractivity contribution in [1.29, 1.82) is 0 Å². The molecule has 0 fully saturated rings. The molecule has 1 aliphatic heterocycles. The highest BCUT2D eigenvalue weighted by Gasteiger charge is 2.21. The summed E-state index contributed by atoms with van der Waals surface area (Å²) in [7, 11) is 0. The summed E-state index contributed by atoms with van der Waals surface area (Å²) in [5.41, 5.74) is 0. The summed E-state index contributed by atoms with van der Waals surface area (Å²) in [5, 5.41) is 0.0293. The molecule has 0 saturated heterocycles. The molecule has 0 saturated carbocycles. The Morgan fingerprint density at radius 1 is 1.62 bits per heavy atom. The molecule has 0 N–H and O–H groups in total. The molecule has 0 aromatic rings. The van der Waals surface area contributed by atoms with E-state index in [4.69, 9.17) is 23.2 Å². The van der Waals surface area contributed by atoms with Crippen LogP contribution < -0.4 is 0 Å². The summed E-state index contributed by atoms with van der Waals surface area (Å²) in [6.07, 6.45) is 1.98.